The van der Waals surface area contributed by atoms with E-state index in [1.807, 2.05) is 0 Å². The number of carboxylic acids is 1. The minimum absolute atomic E-state index is 0.254. The summed E-state index contributed by atoms with van der Waals surface area (Å²) in [5, 5.41) is 21.4. The van der Waals surface area contributed by atoms with Crippen molar-refractivity contribution in [3.8, 4) is 0 Å². The highest BCUT2D eigenvalue weighted by atomic mass is 16.4. The minimum atomic E-state index is -1.09. The molecule has 1 aliphatic rings. The molecule has 0 spiro atoms. The topological polar surface area (TPSA) is 99.5 Å². The average molecular weight is 290 g/mol. The van der Waals surface area contributed by atoms with E-state index in [4.69, 9.17) is 5.11 Å². The van der Waals surface area contributed by atoms with Gasteiger partial charge in [0.05, 0.1) is 12.1 Å². The maximum Gasteiger partial charge on any atom is 0.328 e. The van der Waals surface area contributed by atoms with Gasteiger partial charge < -0.3 is 15.5 Å². The van der Waals surface area contributed by atoms with E-state index in [2.05, 4.69) is 10.3 Å². The standard InChI is InChI=1S/C15H18N2O4/c18-13-4-2-1-3-12(13)17-15(21)11-7-8-16-9-10(11)5-6-14(19)20/h5-9,12-13,18H,1-4H2,(H,17,21)(H,19,20). The molecule has 21 heavy (non-hydrogen) atoms. The second-order valence-corrected chi connectivity index (χ2v) is 5.07. The summed E-state index contributed by atoms with van der Waals surface area (Å²) in [6.45, 7) is 0. The number of nitrogens with one attached hydrogen (secondary N) is 1. The average Bonchev–Trinajstić information content (AvgIpc) is 2.47. The lowest BCUT2D eigenvalue weighted by Gasteiger charge is -2.28. The zero-order chi connectivity index (χ0) is 15.2. The summed E-state index contributed by atoms with van der Waals surface area (Å²) in [6.07, 6.45) is 8.06. The molecule has 112 valence electrons. The molecule has 1 amide bonds. The lowest BCUT2D eigenvalue weighted by atomic mass is 9.92. The molecule has 0 aliphatic heterocycles. The largest absolute Gasteiger partial charge is 0.478 e. The maximum absolute atomic E-state index is 12.3. The molecule has 1 fully saturated rings. The molecule has 0 saturated heterocycles. The molecule has 1 saturated carbocycles. The molecule has 1 heterocycles. The van der Waals surface area contributed by atoms with Crippen LogP contribution in [-0.4, -0.2) is 39.2 Å². The molecule has 1 aromatic rings. The van der Waals surface area contributed by atoms with Crippen molar-refractivity contribution in [2.24, 2.45) is 0 Å². The third kappa shape index (κ3) is 4.13. The molecular weight excluding hydrogens is 272 g/mol. The van der Waals surface area contributed by atoms with E-state index in [0.29, 0.717) is 17.5 Å². The number of hydrogen-bond acceptors (Lipinski definition) is 4. The van der Waals surface area contributed by atoms with Crippen LogP contribution in [-0.2, 0) is 4.79 Å². The molecule has 2 unspecified atom stereocenters. The fourth-order valence-electron chi connectivity index (χ4n) is 2.43. The number of amides is 1. The van der Waals surface area contributed by atoms with Crippen molar-refractivity contribution >= 4 is 18.0 Å². The van der Waals surface area contributed by atoms with Crippen LogP contribution in [0.25, 0.3) is 6.08 Å². The van der Waals surface area contributed by atoms with Gasteiger partial charge in [-0.25, -0.2) is 4.79 Å². The van der Waals surface area contributed by atoms with E-state index >= 15 is 0 Å². The Hall–Kier alpha value is -2.21. The number of hydrogen-bond donors (Lipinski definition) is 3. The van der Waals surface area contributed by atoms with Gasteiger partial charge in [0.15, 0.2) is 0 Å². The lowest BCUT2D eigenvalue weighted by Crippen LogP contribution is -2.45. The smallest absolute Gasteiger partial charge is 0.328 e. The van der Waals surface area contributed by atoms with Crippen LogP contribution in [0.2, 0.25) is 0 Å². The summed E-state index contributed by atoms with van der Waals surface area (Å²) in [7, 11) is 0. The monoisotopic (exact) mass is 290 g/mol. The Bertz CT molecular complexity index is 556. The first kappa shape index (κ1) is 15.2. The summed E-state index contributed by atoms with van der Waals surface area (Å²) in [4.78, 5) is 26.8. The van der Waals surface area contributed by atoms with Crippen LogP contribution in [0.5, 0.6) is 0 Å². The van der Waals surface area contributed by atoms with Gasteiger partial charge in [-0.2, -0.15) is 0 Å². The van der Waals surface area contributed by atoms with Crippen molar-refractivity contribution in [1.29, 1.82) is 0 Å². The third-order valence-electron chi connectivity index (χ3n) is 3.55. The van der Waals surface area contributed by atoms with Gasteiger partial charge >= 0.3 is 5.97 Å². The van der Waals surface area contributed by atoms with Gasteiger partial charge in [0.25, 0.3) is 5.91 Å². The number of pyridine rings is 1. The Labute approximate surface area is 122 Å². The van der Waals surface area contributed by atoms with Gasteiger partial charge in [-0.15, -0.1) is 0 Å². The van der Waals surface area contributed by atoms with Crippen molar-refractivity contribution in [3.05, 3.63) is 35.7 Å². The fourth-order valence-corrected chi connectivity index (χ4v) is 2.43. The van der Waals surface area contributed by atoms with Crippen molar-refractivity contribution in [2.45, 2.75) is 37.8 Å². The van der Waals surface area contributed by atoms with E-state index in [1.165, 1.54) is 24.5 Å². The number of aliphatic hydroxyl groups is 1. The van der Waals surface area contributed by atoms with Crippen molar-refractivity contribution in [1.82, 2.24) is 10.3 Å². The van der Waals surface area contributed by atoms with Gasteiger partial charge in [-0.05, 0) is 25.0 Å². The lowest BCUT2D eigenvalue weighted by molar-refractivity contribution is -0.131. The zero-order valence-electron chi connectivity index (χ0n) is 11.5. The number of rotatable bonds is 4. The number of aliphatic carboxylic acids is 1. The second-order valence-electron chi connectivity index (χ2n) is 5.07. The van der Waals surface area contributed by atoms with E-state index in [1.54, 1.807) is 0 Å². The van der Waals surface area contributed by atoms with Crippen LogP contribution in [0.4, 0.5) is 0 Å². The molecule has 6 nitrogen and oxygen atoms in total. The Kier molecular flexibility index (Phi) is 5.05. The van der Waals surface area contributed by atoms with Crippen LogP contribution >= 0.6 is 0 Å². The summed E-state index contributed by atoms with van der Waals surface area (Å²) in [5.74, 6) is -1.42. The van der Waals surface area contributed by atoms with Crippen LogP contribution in [0, 0.1) is 0 Å². The zero-order valence-corrected chi connectivity index (χ0v) is 11.5. The van der Waals surface area contributed by atoms with Gasteiger partial charge in [-0.3, -0.25) is 9.78 Å². The summed E-state index contributed by atoms with van der Waals surface area (Å²) in [6, 6.07) is 1.28. The minimum Gasteiger partial charge on any atom is -0.478 e. The Balaban J connectivity index is 2.13. The molecule has 2 atom stereocenters. The maximum atomic E-state index is 12.3. The summed E-state index contributed by atoms with van der Waals surface area (Å²) < 4.78 is 0. The van der Waals surface area contributed by atoms with Crippen molar-refractivity contribution < 1.29 is 19.8 Å². The van der Waals surface area contributed by atoms with Crippen LogP contribution in [0.15, 0.2) is 24.5 Å². The molecular formula is C15H18N2O4. The van der Waals surface area contributed by atoms with E-state index in [-0.39, 0.29) is 11.9 Å². The van der Waals surface area contributed by atoms with Crippen LogP contribution in [0.3, 0.4) is 0 Å². The molecule has 0 aromatic carbocycles. The number of carbonyl (C=O) groups excluding carboxylic acids is 1. The highest BCUT2D eigenvalue weighted by molar-refractivity contribution is 5.98. The Morgan fingerprint density at radius 3 is 2.81 bits per heavy atom. The summed E-state index contributed by atoms with van der Waals surface area (Å²) in [5.41, 5.74) is 0.781. The first-order chi connectivity index (χ1) is 10.1. The molecule has 2 rings (SSSR count). The highest BCUT2D eigenvalue weighted by Crippen LogP contribution is 2.19. The van der Waals surface area contributed by atoms with E-state index in [9.17, 15) is 14.7 Å². The third-order valence-corrected chi connectivity index (χ3v) is 3.55. The number of nitrogens with zero attached hydrogens (tertiary/aromatic N) is 1. The Morgan fingerprint density at radius 2 is 2.10 bits per heavy atom. The SMILES string of the molecule is O=C(O)C=Cc1cnccc1C(=O)NC1CCCCC1O. The molecule has 6 heteroatoms. The predicted octanol–water partition coefficient (Wildman–Crippen LogP) is 1.21. The quantitative estimate of drug-likeness (QED) is 0.724. The van der Waals surface area contributed by atoms with E-state index in [0.717, 1.165) is 25.3 Å². The molecule has 0 bridgehead atoms. The molecule has 1 aromatic heterocycles. The van der Waals surface area contributed by atoms with Gasteiger partial charge in [0.2, 0.25) is 0 Å². The van der Waals surface area contributed by atoms with Gasteiger partial charge in [-0.1, -0.05) is 12.8 Å². The first-order valence-corrected chi connectivity index (χ1v) is 6.92. The van der Waals surface area contributed by atoms with Crippen LogP contribution < -0.4 is 5.32 Å². The number of carbonyl (C=O) groups is 2. The predicted molar refractivity (Wildman–Crippen MR) is 76.6 cm³/mol. The molecule has 3 N–H and O–H groups in total. The second kappa shape index (κ2) is 6.99. The number of aromatic nitrogens is 1. The molecule has 1 aliphatic carbocycles. The number of carboxylic acid groups (broad SMARTS) is 1. The van der Waals surface area contributed by atoms with Gasteiger partial charge in [0, 0.05) is 29.6 Å². The van der Waals surface area contributed by atoms with Crippen molar-refractivity contribution in [3.63, 3.8) is 0 Å². The highest BCUT2D eigenvalue weighted by Gasteiger charge is 2.25. The molecule has 0 radical (unpaired) electrons. The normalized spacial score (nSPS) is 22.1. The summed E-state index contributed by atoms with van der Waals surface area (Å²) >= 11 is 0. The van der Waals surface area contributed by atoms with Crippen molar-refractivity contribution in [2.75, 3.05) is 0 Å². The number of aliphatic hydroxyl groups excluding tert-OH is 1. The van der Waals surface area contributed by atoms with E-state index < -0.39 is 12.1 Å². The van der Waals surface area contributed by atoms with Gasteiger partial charge in [0.1, 0.15) is 0 Å². The fraction of sp³-hybridized carbons (Fsp3) is 0.400. The first-order valence-electron chi connectivity index (χ1n) is 6.92. The Morgan fingerprint density at radius 1 is 1.33 bits per heavy atom. The van der Waals surface area contributed by atoms with Crippen LogP contribution in [0.1, 0.15) is 41.6 Å².